The molecule has 76 valence electrons. The van der Waals surface area contributed by atoms with Crippen molar-refractivity contribution >= 4 is 27.3 Å². The molecule has 1 aromatic carbocycles. The van der Waals surface area contributed by atoms with Crippen LogP contribution >= 0.6 is 15.9 Å². The molecule has 0 radical (unpaired) electrons. The third kappa shape index (κ3) is 2.70. The summed E-state index contributed by atoms with van der Waals surface area (Å²) < 4.78 is 0.828. The Balaban J connectivity index is 2.25. The average Bonchev–Trinajstić information content (AvgIpc) is 2.17. The predicted molar refractivity (Wildman–Crippen MR) is 63.3 cm³/mol. The highest BCUT2D eigenvalue weighted by Crippen LogP contribution is 2.25. The molecular weight excluding hydrogens is 256 g/mol. The molecule has 0 aliphatic heterocycles. The molecule has 15 heavy (non-hydrogen) atoms. The lowest BCUT2D eigenvalue weighted by atomic mass is 10.3. The largest absolute Gasteiger partial charge is 0.508 e. The van der Waals surface area contributed by atoms with Crippen LogP contribution in [0, 0.1) is 0 Å². The second-order valence-corrected chi connectivity index (χ2v) is 3.98. The quantitative estimate of drug-likeness (QED) is 0.875. The van der Waals surface area contributed by atoms with Crippen molar-refractivity contribution in [3.63, 3.8) is 0 Å². The fourth-order valence-electron chi connectivity index (χ4n) is 1.25. The van der Waals surface area contributed by atoms with Crippen LogP contribution in [0.2, 0.25) is 0 Å². The van der Waals surface area contributed by atoms with Crippen molar-refractivity contribution in [2.24, 2.45) is 0 Å². The van der Waals surface area contributed by atoms with Gasteiger partial charge in [-0.1, -0.05) is 15.9 Å². The molecule has 0 bridgehead atoms. The molecule has 2 aromatic rings. The van der Waals surface area contributed by atoms with E-state index >= 15 is 0 Å². The zero-order valence-corrected chi connectivity index (χ0v) is 9.40. The second kappa shape index (κ2) is 4.31. The molecule has 0 spiro atoms. The van der Waals surface area contributed by atoms with Gasteiger partial charge in [0.1, 0.15) is 5.75 Å². The van der Waals surface area contributed by atoms with Crippen LogP contribution < -0.4 is 5.32 Å². The van der Waals surface area contributed by atoms with Crippen LogP contribution in [0.4, 0.5) is 11.4 Å². The van der Waals surface area contributed by atoms with Gasteiger partial charge >= 0.3 is 0 Å². The van der Waals surface area contributed by atoms with Gasteiger partial charge in [0.2, 0.25) is 0 Å². The second-order valence-electron chi connectivity index (χ2n) is 3.06. The Bertz CT molecular complexity index is 439. The van der Waals surface area contributed by atoms with Gasteiger partial charge in [-0.25, -0.2) is 0 Å². The van der Waals surface area contributed by atoms with E-state index in [1.54, 1.807) is 24.5 Å². The number of pyridine rings is 1. The summed E-state index contributed by atoms with van der Waals surface area (Å²) in [6.07, 6.45) is 3.43. The number of phenols is 1. The summed E-state index contributed by atoms with van der Waals surface area (Å²) in [5.41, 5.74) is 1.70. The fourth-order valence-corrected chi connectivity index (χ4v) is 1.73. The Labute approximate surface area is 95.9 Å². The summed E-state index contributed by atoms with van der Waals surface area (Å²) in [7, 11) is 0. The lowest BCUT2D eigenvalue weighted by Gasteiger charge is -2.06. The smallest absolute Gasteiger partial charge is 0.118 e. The Morgan fingerprint density at radius 2 is 2.07 bits per heavy atom. The molecule has 0 atom stereocenters. The van der Waals surface area contributed by atoms with Gasteiger partial charge in [-0.15, -0.1) is 0 Å². The van der Waals surface area contributed by atoms with E-state index in [0.29, 0.717) is 0 Å². The SMILES string of the molecule is Oc1cc(Br)cc(Nc2cccnc2)c1. The Hall–Kier alpha value is -1.55. The van der Waals surface area contributed by atoms with Gasteiger partial charge in [-0.2, -0.15) is 0 Å². The number of aromatic hydroxyl groups is 1. The average molecular weight is 265 g/mol. The number of hydrogen-bond donors (Lipinski definition) is 2. The number of benzene rings is 1. The van der Waals surface area contributed by atoms with Gasteiger partial charge in [0, 0.05) is 22.4 Å². The molecule has 0 saturated heterocycles. The molecule has 0 aliphatic carbocycles. The van der Waals surface area contributed by atoms with Crippen LogP contribution in [0.15, 0.2) is 47.2 Å². The summed E-state index contributed by atoms with van der Waals surface area (Å²) in [5, 5.41) is 12.5. The molecule has 2 rings (SSSR count). The summed E-state index contributed by atoms with van der Waals surface area (Å²) in [5.74, 6) is 0.218. The maximum Gasteiger partial charge on any atom is 0.118 e. The standard InChI is InChI=1S/C11H9BrN2O/c12-8-4-10(6-11(15)5-8)14-9-2-1-3-13-7-9/h1-7,14-15H. The zero-order valence-electron chi connectivity index (χ0n) is 7.81. The summed E-state index contributed by atoms with van der Waals surface area (Å²) in [6.45, 7) is 0. The highest BCUT2D eigenvalue weighted by Gasteiger charge is 1.98. The van der Waals surface area contributed by atoms with Gasteiger partial charge in [-0.05, 0) is 24.3 Å². The molecule has 1 aromatic heterocycles. The third-order valence-electron chi connectivity index (χ3n) is 1.83. The minimum atomic E-state index is 0.218. The fraction of sp³-hybridized carbons (Fsp3) is 0. The molecule has 0 amide bonds. The molecule has 0 aliphatic rings. The Morgan fingerprint density at radius 1 is 1.20 bits per heavy atom. The summed E-state index contributed by atoms with van der Waals surface area (Å²) in [4.78, 5) is 3.99. The number of nitrogens with zero attached hydrogens (tertiary/aromatic N) is 1. The minimum absolute atomic E-state index is 0.218. The normalized spacial score (nSPS) is 9.93. The Kier molecular flexibility index (Phi) is 2.87. The lowest BCUT2D eigenvalue weighted by Crippen LogP contribution is -1.90. The number of halogens is 1. The van der Waals surface area contributed by atoms with E-state index in [1.165, 1.54) is 0 Å². The van der Waals surface area contributed by atoms with Crippen LogP contribution in [0.3, 0.4) is 0 Å². The van der Waals surface area contributed by atoms with Gasteiger partial charge in [-0.3, -0.25) is 4.98 Å². The maximum atomic E-state index is 9.39. The molecule has 1 heterocycles. The van der Waals surface area contributed by atoms with Crippen molar-refractivity contribution in [2.45, 2.75) is 0 Å². The lowest BCUT2D eigenvalue weighted by molar-refractivity contribution is 0.475. The maximum absolute atomic E-state index is 9.39. The van der Waals surface area contributed by atoms with E-state index in [-0.39, 0.29) is 5.75 Å². The molecular formula is C11H9BrN2O. The van der Waals surface area contributed by atoms with E-state index in [9.17, 15) is 5.11 Å². The van der Waals surface area contributed by atoms with Crippen LogP contribution in [-0.4, -0.2) is 10.1 Å². The van der Waals surface area contributed by atoms with Crippen molar-refractivity contribution in [1.82, 2.24) is 4.98 Å². The summed E-state index contributed by atoms with van der Waals surface area (Å²) in [6, 6.07) is 8.92. The summed E-state index contributed by atoms with van der Waals surface area (Å²) >= 11 is 3.31. The van der Waals surface area contributed by atoms with Crippen LogP contribution in [0.25, 0.3) is 0 Å². The number of aromatic nitrogens is 1. The van der Waals surface area contributed by atoms with Crippen molar-refractivity contribution in [3.05, 3.63) is 47.2 Å². The molecule has 2 N–H and O–H groups in total. The van der Waals surface area contributed by atoms with Gasteiger partial charge in [0.15, 0.2) is 0 Å². The minimum Gasteiger partial charge on any atom is -0.508 e. The van der Waals surface area contributed by atoms with Crippen molar-refractivity contribution in [3.8, 4) is 5.75 Å². The number of hydrogen-bond acceptors (Lipinski definition) is 3. The topological polar surface area (TPSA) is 45.1 Å². The number of anilines is 2. The van der Waals surface area contributed by atoms with Gasteiger partial charge in [0.25, 0.3) is 0 Å². The molecule has 0 fully saturated rings. The molecule has 4 heteroatoms. The predicted octanol–water partition coefficient (Wildman–Crippen LogP) is 3.29. The van der Waals surface area contributed by atoms with Gasteiger partial charge < -0.3 is 10.4 Å². The van der Waals surface area contributed by atoms with Crippen molar-refractivity contribution in [1.29, 1.82) is 0 Å². The first-order chi connectivity index (χ1) is 7.24. The van der Waals surface area contributed by atoms with Crippen molar-refractivity contribution < 1.29 is 5.11 Å². The first-order valence-corrected chi connectivity index (χ1v) is 5.20. The highest BCUT2D eigenvalue weighted by atomic mass is 79.9. The molecule has 0 saturated carbocycles. The van der Waals surface area contributed by atoms with Crippen LogP contribution in [0.5, 0.6) is 5.75 Å². The molecule has 3 nitrogen and oxygen atoms in total. The number of nitrogens with one attached hydrogen (secondary N) is 1. The van der Waals surface area contributed by atoms with E-state index in [0.717, 1.165) is 15.8 Å². The van der Waals surface area contributed by atoms with E-state index in [1.807, 2.05) is 18.2 Å². The Morgan fingerprint density at radius 3 is 2.73 bits per heavy atom. The highest BCUT2D eigenvalue weighted by molar-refractivity contribution is 9.10. The third-order valence-corrected chi connectivity index (χ3v) is 2.29. The number of phenolic OH excluding ortho intramolecular Hbond substituents is 1. The van der Waals surface area contributed by atoms with E-state index < -0.39 is 0 Å². The first kappa shape index (κ1) is 9.98. The van der Waals surface area contributed by atoms with Crippen LogP contribution in [0.1, 0.15) is 0 Å². The monoisotopic (exact) mass is 264 g/mol. The zero-order chi connectivity index (χ0) is 10.7. The molecule has 0 unspecified atom stereocenters. The van der Waals surface area contributed by atoms with Gasteiger partial charge in [0.05, 0.1) is 11.9 Å². The van der Waals surface area contributed by atoms with E-state index in [2.05, 4.69) is 26.2 Å². The van der Waals surface area contributed by atoms with Crippen LogP contribution in [-0.2, 0) is 0 Å². The van der Waals surface area contributed by atoms with Crippen molar-refractivity contribution in [2.75, 3.05) is 5.32 Å². The first-order valence-electron chi connectivity index (χ1n) is 4.41. The number of rotatable bonds is 2. The van der Waals surface area contributed by atoms with E-state index in [4.69, 9.17) is 0 Å².